The largest absolute Gasteiger partial charge is 0.492 e. The van der Waals surface area contributed by atoms with Gasteiger partial charge in [0, 0.05) is 6.20 Å². The first kappa shape index (κ1) is 14.6. The van der Waals surface area contributed by atoms with Crippen LogP contribution in [0.5, 0.6) is 5.75 Å². The molecule has 0 aliphatic carbocycles. The molecule has 0 unspecified atom stereocenters. The third-order valence-corrected chi connectivity index (χ3v) is 3.14. The summed E-state index contributed by atoms with van der Waals surface area (Å²) >= 11 is 11.5. The third-order valence-electron chi connectivity index (χ3n) is 2.46. The van der Waals surface area contributed by atoms with Crippen LogP contribution in [-0.4, -0.2) is 24.0 Å². The molecular formula is C14H12Cl2N2O2. The van der Waals surface area contributed by atoms with Crippen LogP contribution in [0.15, 0.2) is 42.6 Å². The molecule has 1 amide bonds. The lowest BCUT2D eigenvalue weighted by Crippen LogP contribution is -2.28. The van der Waals surface area contributed by atoms with E-state index in [1.165, 1.54) is 12.3 Å². The number of para-hydroxylation sites is 1. The lowest BCUT2D eigenvalue weighted by molar-refractivity contribution is 0.0946. The number of amides is 1. The van der Waals surface area contributed by atoms with Crippen LogP contribution < -0.4 is 10.1 Å². The number of hydrogen-bond acceptors (Lipinski definition) is 3. The number of hydrogen-bond donors (Lipinski definition) is 1. The number of ether oxygens (including phenoxy) is 1. The quantitative estimate of drug-likeness (QED) is 0.681. The molecule has 0 aliphatic heterocycles. The zero-order valence-electron chi connectivity index (χ0n) is 10.5. The minimum atomic E-state index is -0.271. The molecule has 0 bridgehead atoms. The Labute approximate surface area is 126 Å². The minimum Gasteiger partial charge on any atom is -0.492 e. The number of nitrogens with one attached hydrogen (secondary N) is 1. The van der Waals surface area contributed by atoms with E-state index in [0.29, 0.717) is 18.7 Å². The van der Waals surface area contributed by atoms with Crippen LogP contribution >= 0.6 is 23.2 Å². The van der Waals surface area contributed by atoms with Gasteiger partial charge in [0.15, 0.2) is 0 Å². The van der Waals surface area contributed by atoms with Crippen molar-refractivity contribution in [2.75, 3.05) is 13.2 Å². The van der Waals surface area contributed by atoms with Gasteiger partial charge in [0.25, 0.3) is 5.91 Å². The second kappa shape index (κ2) is 7.12. The molecule has 0 spiro atoms. The van der Waals surface area contributed by atoms with Gasteiger partial charge < -0.3 is 10.1 Å². The maximum absolute atomic E-state index is 11.8. The summed E-state index contributed by atoms with van der Waals surface area (Å²) in [7, 11) is 0. The molecule has 0 atom stereocenters. The number of benzene rings is 1. The van der Waals surface area contributed by atoms with E-state index >= 15 is 0 Å². The Hall–Kier alpha value is -1.78. The van der Waals surface area contributed by atoms with Crippen LogP contribution in [0.25, 0.3) is 0 Å². The van der Waals surface area contributed by atoms with Crippen LogP contribution in [0.3, 0.4) is 0 Å². The molecule has 1 N–H and O–H groups in total. The zero-order chi connectivity index (χ0) is 14.4. The molecule has 0 saturated heterocycles. The summed E-state index contributed by atoms with van der Waals surface area (Å²) in [6.07, 6.45) is 1.38. The van der Waals surface area contributed by atoms with Gasteiger partial charge in [-0.25, -0.2) is 4.98 Å². The lowest BCUT2D eigenvalue weighted by Gasteiger charge is -2.07. The summed E-state index contributed by atoms with van der Waals surface area (Å²) < 4.78 is 5.46. The fourth-order valence-electron chi connectivity index (χ4n) is 1.50. The summed E-state index contributed by atoms with van der Waals surface area (Å²) in [6.45, 7) is 0.762. The molecule has 2 aromatic rings. The van der Waals surface area contributed by atoms with Gasteiger partial charge >= 0.3 is 0 Å². The summed E-state index contributed by atoms with van der Waals surface area (Å²) in [5, 5.41) is 3.14. The lowest BCUT2D eigenvalue weighted by atomic mass is 10.3. The van der Waals surface area contributed by atoms with Gasteiger partial charge in [-0.3, -0.25) is 4.79 Å². The predicted molar refractivity (Wildman–Crippen MR) is 78.5 cm³/mol. The Morgan fingerprint density at radius 2 is 2.00 bits per heavy atom. The first-order valence-electron chi connectivity index (χ1n) is 5.94. The Kier molecular flexibility index (Phi) is 5.21. The smallest absolute Gasteiger partial charge is 0.253 e. The average Bonchev–Trinajstić information content (AvgIpc) is 2.47. The number of rotatable bonds is 5. The summed E-state index contributed by atoms with van der Waals surface area (Å²) in [6, 6.07) is 10.9. The minimum absolute atomic E-state index is 0.177. The highest BCUT2D eigenvalue weighted by molar-refractivity contribution is 6.41. The van der Waals surface area contributed by atoms with Crippen molar-refractivity contribution in [3.8, 4) is 5.75 Å². The molecule has 1 heterocycles. The fraction of sp³-hybridized carbons (Fsp3) is 0.143. The standard InChI is InChI=1S/C14H12Cl2N2O2/c15-12-8-10(9-18-13(12)16)14(19)17-6-7-20-11-4-2-1-3-5-11/h1-5,8-9H,6-7H2,(H,17,19). The maximum atomic E-state index is 11.8. The fourth-order valence-corrected chi connectivity index (χ4v) is 1.77. The highest BCUT2D eigenvalue weighted by Gasteiger charge is 2.08. The van der Waals surface area contributed by atoms with Crippen LogP contribution in [0.1, 0.15) is 10.4 Å². The van der Waals surface area contributed by atoms with Gasteiger partial charge in [-0.05, 0) is 18.2 Å². The summed E-state index contributed by atoms with van der Waals surface area (Å²) in [4.78, 5) is 15.6. The van der Waals surface area contributed by atoms with Crippen LogP contribution in [0.2, 0.25) is 10.2 Å². The van der Waals surface area contributed by atoms with Crippen LogP contribution in [0.4, 0.5) is 0 Å². The predicted octanol–water partition coefficient (Wildman–Crippen LogP) is 3.20. The van der Waals surface area contributed by atoms with Gasteiger partial charge in [0.1, 0.15) is 17.5 Å². The Balaban J connectivity index is 1.79. The number of carbonyl (C=O) groups is 1. The topological polar surface area (TPSA) is 51.2 Å². The van der Waals surface area contributed by atoms with E-state index < -0.39 is 0 Å². The molecule has 1 aromatic carbocycles. The van der Waals surface area contributed by atoms with Crippen molar-refractivity contribution in [3.63, 3.8) is 0 Å². The molecule has 2 rings (SSSR count). The van der Waals surface area contributed by atoms with Crippen LogP contribution in [-0.2, 0) is 0 Å². The molecular weight excluding hydrogens is 299 g/mol. The van der Waals surface area contributed by atoms with Gasteiger partial charge in [-0.2, -0.15) is 0 Å². The van der Waals surface area contributed by atoms with E-state index in [0.717, 1.165) is 5.75 Å². The van der Waals surface area contributed by atoms with Gasteiger partial charge in [0.05, 0.1) is 17.1 Å². The SMILES string of the molecule is O=C(NCCOc1ccccc1)c1cnc(Cl)c(Cl)c1. The molecule has 0 aliphatic rings. The number of pyridine rings is 1. The molecule has 0 radical (unpaired) electrons. The number of carbonyl (C=O) groups excluding carboxylic acids is 1. The monoisotopic (exact) mass is 310 g/mol. The van der Waals surface area contributed by atoms with Gasteiger partial charge in [-0.1, -0.05) is 41.4 Å². The van der Waals surface area contributed by atoms with E-state index in [-0.39, 0.29) is 16.1 Å². The van der Waals surface area contributed by atoms with Crippen molar-refractivity contribution in [1.82, 2.24) is 10.3 Å². The van der Waals surface area contributed by atoms with E-state index in [1.807, 2.05) is 30.3 Å². The Morgan fingerprint density at radius 3 is 2.70 bits per heavy atom. The molecule has 20 heavy (non-hydrogen) atoms. The molecule has 104 valence electrons. The Morgan fingerprint density at radius 1 is 1.25 bits per heavy atom. The first-order chi connectivity index (χ1) is 9.66. The number of nitrogens with zero attached hydrogens (tertiary/aromatic N) is 1. The highest BCUT2D eigenvalue weighted by Crippen LogP contribution is 2.19. The van der Waals surface area contributed by atoms with Crippen LogP contribution in [0, 0.1) is 0 Å². The van der Waals surface area contributed by atoms with Crippen molar-refractivity contribution in [2.45, 2.75) is 0 Å². The van der Waals surface area contributed by atoms with E-state index in [4.69, 9.17) is 27.9 Å². The second-order valence-corrected chi connectivity index (χ2v) is 4.68. The van der Waals surface area contributed by atoms with Gasteiger partial charge in [0.2, 0.25) is 0 Å². The molecule has 1 aromatic heterocycles. The van der Waals surface area contributed by atoms with E-state index in [2.05, 4.69) is 10.3 Å². The van der Waals surface area contributed by atoms with E-state index in [9.17, 15) is 4.79 Å². The van der Waals surface area contributed by atoms with Gasteiger partial charge in [-0.15, -0.1) is 0 Å². The van der Waals surface area contributed by atoms with Crippen molar-refractivity contribution in [1.29, 1.82) is 0 Å². The maximum Gasteiger partial charge on any atom is 0.253 e. The molecule has 4 nitrogen and oxygen atoms in total. The number of halogens is 2. The highest BCUT2D eigenvalue weighted by atomic mass is 35.5. The average molecular weight is 311 g/mol. The zero-order valence-corrected chi connectivity index (χ0v) is 12.0. The molecule has 0 saturated carbocycles. The third kappa shape index (κ3) is 4.11. The number of aromatic nitrogens is 1. The summed E-state index contributed by atoms with van der Waals surface area (Å²) in [5.41, 5.74) is 0.360. The van der Waals surface area contributed by atoms with Crippen molar-refractivity contribution >= 4 is 29.1 Å². The molecule has 0 fully saturated rings. The second-order valence-electron chi connectivity index (χ2n) is 3.91. The van der Waals surface area contributed by atoms with Crippen molar-refractivity contribution in [2.24, 2.45) is 0 Å². The van der Waals surface area contributed by atoms with E-state index in [1.54, 1.807) is 0 Å². The Bertz CT molecular complexity index is 591. The normalized spacial score (nSPS) is 10.1. The summed E-state index contributed by atoms with van der Waals surface area (Å²) in [5.74, 6) is 0.491. The first-order valence-corrected chi connectivity index (χ1v) is 6.69. The van der Waals surface area contributed by atoms with Crippen molar-refractivity contribution < 1.29 is 9.53 Å². The van der Waals surface area contributed by atoms with Crippen molar-refractivity contribution in [3.05, 3.63) is 58.3 Å². The molecule has 6 heteroatoms.